The molecule has 0 spiro atoms. The monoisotopic (exact) mass is 333 g/mol. The molecule has 0 radical (unpaired) electrons. The van der Waals surface area contributed by atoms with E-state index in [1.165, 1.54) is 12.1 Å². The van der Waals surface area contributed by atoms with Crippen LogP contribution >= 0.6 is 11.6 Å². The molecule has 2 aromatic carbocycles. The molecule has 0 fully saturated rings. The van der Waals surface area contributed by atoms with E-state index in [1.807, 2.05) is 0 Å². The molecule has 2 aromatic rings. The van der Waals surface area contributed by atoms with Crippen molar-refractivity contribution in [2.24, 2.45) is 0 Å². The van der Waals surface area contributed by atoms with E-state index >= 15 is 0 Å². The van der Waals surface area contributed by atoms with Gasteiger partial charge in [-0.15, -0.1) is 0 Å². The highest BCUT2D eigenvalue weighted by molar-refractivity contribution is 6.33. The van der Waals surface area contributed by atoms with Crippen LogP contribution in [-0.2, 0) is 6.42 Å². The van der Waals surface area contributed by atoms with Crippen LogP contribution in [0.2, 0.25) is 5.02 Å². The van der Waals surface area contributed by atoms with Gasteiger partial charge in [-0.3, -0.25) is 4.79 Å². The van der Waals surface area contributed by atoms with Crippen molar-refractivity contribution in [2.75, 3.05) is 0 Å². The topological polar surface area (TPSA) is 66.4 Å². The van der Waals surface area contributed by atoms with Gasteiger partial charge in [-0.05, 0) is 54.3 Å². The quantitative estimate of drug-likeness (QED) is 0.902. The Labute approximate surface area is 136 Å². The zero-order chi connectivity index (χ0) is 16.6. The number of hydrogen-bond acceptors (Lipinski definition) is 2. The second-order valence-electron chi connectivity index (χ2n) is 5.41. The van der Waals surface area contributed by atoms with Gasteiger partial charge in [0.1, 0.15) is 5.82 Å². The molecule has 4 nitrogen and oxygen atoms in total. The van der Waals surface area contributed by atoms with E-state index in [0.717, 1.165) is 23.6 Å². The summed E-state index contributed by atoms with van der Waals surface area (Å²) >= 11 is 5.90. The molecule has 118 valence electrons. The van der Waals surface area contributed by atoms with Gasteiger partial charge >= 0.3 is 5.97 Å². The molecule has 0 aromatic heterocycles. The van der Waals surface area contributed by atoms with Gasteiger partial charge in [-0.1, -0.05) is 17.7 Å². The average Bonchev–Trinajstić information content (AvgIpc) is 2.89. The molecule has 0 aliphatic heterocycles. The van der Waals surface area contributed by atoms with Gasteiger partial charge in [0, 0.05) is 0 Å². The number of fused-ring (bicyclic) bond motifs is 1. The fraction of sp³-hybridized carbons (Fsp3) is 0.176. The second kappa shape index (κ2) is 6.01. The second-order valence-corrected chi connectivity index (χ2v) is 5.81. The number of carboxylic acids is 1. The van der Waals surface area contributed by atoms with Crippen LogP contribution in [0.25, 0.3) is 0 Å². The highest BCUT2D eigenvalue weighted by Gasteiger charge is 2.26. The number of carbonyl (C=O) groups is 2. The summed E-state index contributed by atoms with van der Waals surface area (Å²) in [6, 6.07) is 8.22. The minimum atomic E-state index is -1.01. The average molecular weight is 334 g/mol. The van der Waals surface area contributed by atoms with E-state index < -0.39 is 17.7 Å². The molecule has 0 saturated carbocycles. The lowest BCUT2D eigenvalue weighted by atomic mass is 10.0. The zero-order valence-electron chi connectivity index (χ0n) is 12.0. The minimum absolute atomic E-state index is 0.0417. The van der Waals surface area contributed by atoms with Crippen molar-refractivity contribution in [2.45, 2.75) is 18.9 Å². The summed E-state index contributed by atoms with van der Waals surface area (Å²) in [7, 11) is 0. The molecule has 2 N–H and O–H groups in total. The van der Waals surface area contributed by atoms with Gasteiger partial charge in [0.2, 0.25) is 0 Å². The third-order valence-corrected chi connectivity index (χ3v) is 4.26. The Bertz CT molecular complexity index is 806. The normalized spacial score (nSPS) is 16.0. The number of carboxylic acid groups (broad SMARTS) is 1. The molecular weight excluding hydrogens is 321 g/mol. The fourth-order valence-corrected chi connectivity index (χ4v) is 3.05. The predicted molar refractivity (Wildman–Crippen MR) is 83.3 cm³/mol. The van der Waals surface area contributed by atoms with E-state index in [0.29, 0.717) is 6.42 Å². The Balaban J connectivity index is 1.84. The van der Waals surface area contributed by atoms with Gasteiger partial charge in [-0.25, -0.2) is 9.18 Å². The van der Waals surface area contributed by atoms with E-state index in [2.05, 4.69) is 5.32 Å². The van der Waals surface area contributed by atoms with Crippen molar-refractivity contribution in [1.29, 1.82) is 0 Å². The van der Waals surface area contributed by atoms with Crippen LogP contribution in [-0.4, -0.2) is 17.0 Å². The van der Waals surface area contributed by atoms with Crippen molar-refractivity contribution in [3.63, 3.8) is 0 Å². The lowest BCUT2D eigenvalue weighted by Gasteiger charge is -2.15. The van der Waals surface area contributed by atoms with E-state index in [4.69, 9.17) is 16.7 Å². The third-order valence-electron chi connectivity index (χ3n) is 3.95. The van der Waals surface area contributed by atoms with Crippen molar-refractivity contribution in [1.82, 2.24) is 5.32 Å². The Morgan fingerprint density at radius 3 is 2.70 bits per heavy atom. The molecule has 0 heterocycles. The van der Waals surface area contributed by atoms with Crippen LogP contribution in [0.5, 0.6) is 0 Å². The number of aryl methyl sites for hydroxylation is 1. The standard InChI is InChI=1S/C17H13ClFNO3/c18-14-8-11(19)4-5-12(14)16(21)20-15-6-3-9-1-2-10(17(22)23)7-13(9)15/h1-2,4-5,7-8,15H,3,6H2,(H,20,21)(H,22,23)/t15-/m1/s1. The number of hydrogen-bond donors (Lipinski definition) is 2. The molecule has 1 atom stereocenters. The smallest absolute Gasteiger partial charge is 0.335 e. The summed E-state index contributed by atoms with van der Waals surface area (Å²) in [6.07, 6.45) is 1.44. The van der Waals surface area contributed by atoms with Crippen LogP contribution in [0.1, 0.15) is 44.3 Å². The highest BCUT2D eigenvalue weighted by Crippen LogP contribution is 2.32. The largest absolute Gasteiger partial charge is 0.478 e. The highest BCUT2D eigenvalue weighted by atomic mass is 35.5. The van der Waals surface area contributed by atoms with Crippen molar-refractivity contribution in [3.8, 4) is 0 Å². The van der Waals surface area contributed by atoms with E-state index in [9.17, 15) is 14.0 Å². The Morgan fingerprint density at radius 1 is 1.22 bits per heavy atom. The summed E-state index contributed by atoms with van der Waals surface area (Å²) in [5, 5.41) is 12.0. The number of rotatable bonds is 3. The first-order valence-electron chi connectivity index (χ1n) is 7.08. The van der Waals surface area contributed by atoms with Crippen LogP contribution in [0.15, 0.2) is 36.4 Å². The van der Waals surface area contributed by atoms with Gasteiger partial charge in [0.15, 0.2) is 0 Å². The fourth-order valence-electron chi connectivity index (χ4n) is 2.79. The molecule has 0 unspecified atom stereocenters. The number of amides is 1. The van der Waals surface area contributed by atoms with Gasteiger partial charge < -0.3 is 10.4 Å². The summed E-state index contributed by atoms with van der Waals surface area (Å²) in [4.78, 5) is 23.4. The maximum atomic E-state index is 13.1. The zero-order valence-corrected chi connectivity index (χ0v) is 12.7. The van der Waals surface area contributed by atoms with Crippen LogP contribution in [0.4, 0.5) is 4.39 Å². The first kappa shape index (κ1) is 15.5. The Kier molecular flexibility index (Phi) is 4.05. The lowest BCUT2D eigenvalue weighted by molar-refractivity contribution is 0.0696. The minimum Gasteiger partial charge on any atom is -0.478 e. The first-order valence-corrected chi connectivity index (χ1v) is 7.45. The van der Waals surface area contributed by atoms with Gasteiger partial charge in [0.25, 0.3) is 5.91 Å². The predicted octanol–water partition coefficient (Wildman–Crippen LogP) is 3.59. The van der Waals surface area contributed by atoms with Gasteiger partial charge in [-0.2, -0.15) is 0 Å². The van der Waals surface area contributed by atoms with Crippen molar-refractivity contribution in [3.05, 3.63) is 69.5 Å². The maximum absolute atomic E-state index is 13.1. The molecule has 0 bridgehead atoms. The number of aromatic carboxylic acids is 1. The third kappa shape index (κ3) is 3.05. The summed E-state index contributed by atoms with van der Waals surface area (Å²) in [5.74, 6) is -1.93. The summed E-state index contributed by atoms with van der Waals surface area (Å²) < 4.78 is 13.1. The molecule has 1 aliphatic rings. The number of halogens is 2. The summed E-state index contributed by atoms with van der Waals surface area (Å²) in [5.41, 5.74) is 2.20. The Hall–Kier alpha value is -2.40. The van der Waals surface area contributed by atoms with Crippen molar-refractivity contribution >= 4 is 23.5 Å². The molecule has 23 heavy (non-hydrogen) atoms. The number of nitrogens with one attached hydrogen (secondary N) is 1. The van der Waals surface area contributed by atoms with E-state index in [-0.39, 0.29) is 22.2 Å². The molecule has 1 aliphatic carbocycles. The number of benzene rings is 2. The van der Waals surface area contributed by atoms with E-state index in [1.54, 1.807) is 18.2 Å². The van der Waals surface area contributed by atoms with Gasteiger partial charge in [0.05, 0.1) is 22.2 Å². The molecule has 6 heteroatoms. The number of carbonyl (C=O) groups excluding carboxylic acids is 1. The van der Waals surface area contributed by atoms with Crippen LogP contribution in [0.3, 0.4) is 0 Å². The van der Waals surface area contributed by atoms with Crippen molar-refractivity contribution < 1.29 is 19.1 Å². The Morgan fingerprint density at radius 2 is 2.00 bits per heavy atom. The summed E-state index contributed by atoms with van der Waals surface area (Å²) in [6.45, 7) is 0. The maximum Gasteiger partial charge on any atom is 0.335 e. The van der Waals surface area contributed by atoms with Crippen LogP contribution in [0, 0.1) is 5.82 Å². The first-order chi connectivity index (χ1) is 11.0. The molecule has 0 saturated heterocycles. The molecular formula is C17H13ClFNO3. The molecule has 3 rings (SSSR count). The van der Waals surface area contributed by atoms with Crippen LogP contribution < -0.4 is 5.32 Å². The SMILES string of the molecule is O=C(O)c1ccc2c(c1)[C@H](NC(=O)c1ccc(F)cc1Cl)CC2. The lowest BCUT2D eigenvalue weighted by Crippen LogP contribution is -2.27. The molecule has 1 amide bonds.